The van der Waals surface area contributed by atoms with Gasteiger partial charge in [0.05, 0.1) is 10.2 Å². The van der Waals surface area contributed by atoms with Crippen LogP contribution in [0.1, 0.15) is 0 Å². The van der Waals surface area contributed by atoms with Gasteiger partial charge in [-0.15, -0.1) is 11.8 Å². The molecule has 4 N–H and O–H groups in total. The van der Waals surface area contributed by atoms with Gasteiger partial charge in [-0.05, 0) is 24.4 Å². The highest BCUT2D eigenvalue weighted by Crippen LogP contribution is 2.28. The number of nitrogen functional groups attached to an aromatic ring is 1. The molecule has 0 spiro atoms. The number of rotatable bonds is 3. The Balaban J connectivity index is 2.22. The Kier molecular flexibility index (Phi) is 3.13. The van der Waals surface area contributed by atoms with Gasteiger partial charge in [0.1, 0.15) is 0 Å². The van der Waals surface area contributed by atoms with E-state index in [-0.39, 0.29) is 0 Å². The third kappa shape index (κ3) is 2.43. The lowest BCUT2D eigenvalue weighted by molar-refractivity contribution is 1.45. The number of anilines is 1. The van der Waals surface area contributed by atoms with E-state index in [1.165, 1.54) is 16.2 Å². The van der Waals surface area contributed by atoms with Gasteiger partial charge in [0, 0.05) is 10.6 Å². The summed E-state index contributed by atoms with van der Waals surface area (Å²) in [5, 5.41) is 0.619. The van der Waals surface area contributed by atoms with Crippen molar-refractivity contribution < 1.29 is 0 Å². The number of hydrogen-bond donors (Lipinski definition) is 2. The molecular weight excluding hydrogens is 226 g/mol. The molecule has 0 aliphatic heterocycles. The molecule has 0 radical (unpaired) electrons. The Labute approximate surface area is 96.2 Å². The van der Waals surface area contributed by atoms with Crippen molar-refractivity contribution in [1.82, 2.24) is 4.98 Å². The minimum Gasteiger partial charge on any atom is -0.405 e. The summed E-state index contributed by atoms with van der Waals surface area (Å²) in [5.41, 5.74) is 11.9. The number of benzene rings is 1. The molecule has 0 saturated carbocycles. The highest BCUT2D eigenvalue weighted by molar-refractivity contribution is 7.99. The molecule has 1 aromatic carbocycles. The predicted octanol–water partition coefficient (Wildman–Crippen LogP) is 2.44. The summed E-state index contributed by atoms with van der Waals surface area (Å²) < 4.78 is 1.13. The fourth-order valence-electron chi connectivity index (χ4n) is 1.21. The lowest BCUT2D eigenvalue weighted by Crippen LogP contribution is -1.80. The van der Waals surface area contributed by atoms with E-state index in [1.807, 2.05) is 12.1 Å². The zero-order chi connectivity index (χ0) is 10.7. The summed E-state index contributed by atoms with van der Waals surface area (Å²) in [5.74, 6) is 0.885. The van der Waals surface area contributed by atoms with Crippen LogP contribution < -0.4 is 11.5 Å². The van der Waals surface area contributed by atoms with Crippen molar-refractivity contribution in [3.8, 4) is 0 Å². The van der Waals surface area contributed by atoms with Gasteiger partial charge in [-0.1, -0.05) is 17.4 Å². The number of thioether (sulfide) groups is 1. The van der Waals surface area contributed by atoms with Crippen LogP contribution in [0.4, 0.5) is 5.13 Å². The van der Waals surface area contributed by atoms with Crippen LogP contribution in [-0.4, -0.2) is 10.7 Å². The minimum atomic E-state index is 0.619. The smallest absolute Gasteiger partial charge is 0.181 e. The van der Waals surface area contributed by atoms with Crippen molar-refractivity contribution in [2.24, 2.45) is 5.73 Å². The van der Waals surface area contributed by atoms with E-state index >= 15 is 0 Å². The molecule has 0 amide bonds. The van der Waals surface area contributed by atoms with Crippen LogP contribution in [0.2, 0.25) is 0 Å². The van der Waals surface area contributed by atoms with E-state index in [0.29, 0.717) is 5.13 Å². The molecular formula is C10H11N3S2. The van der Waals surface area contributed by atoms with E-state index in [0.717, 1.165) is 16.0 Å². The first kappa shape index (κ1) is 10.3. The van der Waals surface area contributed by atoms with Crippen LogP contribution in [0.25, 0.3) is 10.2 Å². The number of hydrogen-bond acceptors (Lipinski definition) is 5. The molecule has 0 bridgehead atoms. The van der Waals surface area contributed by atoms with Crippen LogP contribution in [0.3, 0.4) is 0 Å². The Hall–Kier alpha value is -1.20. The highest BCUT2D eigenvalue weighted by atomic mass is 32.2. The molecule has 15 heavy (non-hydrogen) atoms. The topological polar surface area (TPSA) is 64.9 Å². The maximum Gasteiger partial charge on any atom is 0.181 e. The van der Waals surface area contributed by atoms with Gasteiger partial charge < -0.3 is 11.5 Å². The lowest BCUT2D eigenvalue weighted by Gasteiger charge is -1.97. The van der Waals surface area contributed by atoms with Gasteiger partial charge in [-0.25, -0.2) is 4.98 Å². The molecule has 0 fully saturated rings. The first-order valence-electron chi connectivity index (χ1n) is 4.45. The van der Waals surface area contributed by atoms with Crippen molar-refractivity contribution in [1.29, 1.82) is 0 Å². The molecule has 78 valence electrons. The fourth-order valence-corrected chi connectivity index (χ4v) is 2.83. The zero-order valence-electron chi connectivity index (χ0n) is 8.01. The summed E-state index contributed by atoms with van der Waals surface area (Å²) >= 11 is 3.26. The average molecular weight is 237 g/mol. The van der Waals surface area contributed by atoms with E-state index in [9.17, 15) is 0 Å². The van der Waals surface area contributed by atoms with Gasteiger partial charge in [0.25, 0.3) is 0 Å². The van der Waals surface area contributed by atoms with Crippen molar-refractivity contribution in [3.05, 3.63) is 30.5 Å². The summed E-state index contributed by atoms with van der Waals surface area (Å²) in [6, 6.07) is 6.16. The second-order valence-electron chi connectivity index (χ2n) is 2.92. The summed E-state index contributed by atoms with van der Waals surface area (Å²) in [7, 11) is 0. The van der Waals surface area contributed by atoms with Gasteiger partial charge >= 0.3 is 0 Å². The van der Waals surface area contributed by atoms with E-state index in [4.69, 9.17) is 11.5 Å². The predicted molar refractivity (Wildman–Crippen MR) is 68.1 cm³/mol. The summed E-state index contributed by atoms with van der Waals surface area (Å²) in [6.45, 7) is 0. The second kappa shape index (κ2) is 4.55. The largest absolute Gasteiger partial charge is 0.405 e. The fraction of sp³-hybridized carbons (Fsp3) is 0.100. The van der Waals surface area contributed by atoms with Gasteiger partial charge in [-0.3, -0.25) is 0 Å². The van der Waals surface area contributed by atoms with Crippen molar-refractivity contribution in [3.63, 3.8) is 0 Å². The first-order valence-corrected chi connectivity index (χ1v) is 6.25. The molecule has 0 unspecified atom stereocenters. The maximum atomic E-state index is 5.64. The van der Waals surface area contributed by atoms with Crippen LogP contribution in [0.15, 0.2) is 35.4 Å². The van der Waals surface area contributed by atoms with Crippen molar-refractivity contribution in [2.45, 2.75) is 4.90 Å². The Morgan fingerprint density at radius 2 is 2.33 bits per heavy atom. The van der Waals surface area contributed by atoms with E-state index in [1.54, 1.807) is 18.0 Å². The van der Waals surface area contributed by atoms with Gasteiger partial charge in [-0.2, -0.15) is 0 Å². The normalized spacial score (nSPS) is 11.5. The number of aromatic nitrogens is 1. The number of fused-ring (bicyclic) bond motifs is 1. The molecule has 0 aliphatic rings. The standard InChI is InChI=1S/C10H11N3S2/c11-4-1-5-14-7-2-3-8-9(6-7)15-10(12)13-8/h1-4,6H,5,11H2,(H2,12,13). The maximum absolute atomic E-state index is 5.64. The molecule has 2 aromatic rings. The van der Waals surface area contributed by atoms with Gasteiger partial charge in [0.15, 0.2) is 5.13 Å². The quantitative estimate of drug-likeness (QED) is 0.805. The second-order valence-corrected chi connectivity index (χ2v) is 5.08. The van der Waals surface area contributed by atoms with E-state index in [2.05, 4.69) is 17.1 Å². The highest BCUT2D eigenvalue weighted by Gasteiger charge is 2.01. The Morgan fingerprint density at radius 1 is 1.47 bits per heavy atom. The SMILES string of the molecule is NC=CCSc1ccc2nc(N)sc2c1. The van der Waals surface area contributed by atoms with Crippen LogP contribution in [-0.2, 0) is 0 Å². The number of thiazole rings is 1. The lowest BCUT2D eigenvalue weighted by atomic mass is 10.3. The summed E-state index contributed by atoms with van der Waals surface area (Å²) in [4.78, 5) is 5.42. The van der Waals surface area contributed by atoms with E-state index < -0.39 is 0 Å². The van der Waals surface area contributed by atoms with Crippen LogP contribution >= 0.6 is 23.1 Å². The zero-order valence-corrected chi connectivity index (χ0v) is 9.65. The number of nitrogens with two attached hydrogens (primary N) is 2. The van der Waals surface area contributed by atoms with Crippen LogP contribution in [0, 0.1) is 0 Å². The van der Waals surface area contributed by atoms with Crippen molar-refractivity contribution >= 4 is 38.4 Å². The Bertz CT molecular complexity index is 490. The number of nitrogens with zero attached hydrogens (tertiary/aromatic N) is 1. The van der Waals surface area contributed by atoms with Crippen molar-refractivity contribution in [2.75, 3.05) is 11.5 Å². The monoisotopic (exact) mass is 237 g/mol. The third-order valence-electron chi connectivity index (χ3n) is 1.86. The Morgan fingerprint density at radius 3 is 3.13 bits per heavy atom. The minimum absolute atomic E-state index is 0.619. The molecule has 1 heterocycles. The average Bonchev–Trinajstić information content (AvgIpc) is 2.57. The first-order chi connectivity index (χ1) is 7.29. The molecule has 0 atom stereocenters. The summed E-state index contributed by atoms with van der Waals surface area (Å²) in [6.07, 6.45) is 3.49. The molecule has 5 heteroatoms. The third-order valence-corrected chi connectivity index (χ3v) is 3.65. The van der Waals surface area contributed by atoms with Crippen LogP contribution in [0.5, 0.6) is 0 Å². The molecule has 2 rings (SSSR count). The molecule has 0 aliphatic carbocycles. The molecule has 1 aromatic heterocycles. The molecule has 0 saturated heterocycles. The van der Waals surface area contributed by atoms with Gasteiger partial charge in [0.2, 0.25) is 0 Å². The molecule has 3 nitrogen and oxygen atoms in total.